The van der Waals surface area contributed by atoms with Crippen LogP contribution in [0.15, 0.2) is 53.8 Å². The first-order chi connectivity index (χ1) is 11.5. The fourth-order valence-electron chi connectivity index (χ4n) is 2.19. The van der Waals surface area contributed by atoms with Crippen molar-refractivity contribution >= 4 is 23.5 Å². The predicted octanol–water partition coefficient (Wildman–Crippen LogP) is 4.70. The van der Waals surface area contributed by atoms with E-state index in [0.717, 1.165) is 11.3 Å². The molecule has 3 rings (SSSR count). The average Bonchev–Trinajstić information content (AvgIpc) is 2.57. The molecule has 0 aliphatic rings. The summed E-state index contributed by atoms with van der Waals surface area (Å²) < 4.78 is 13.2. The van der Waals surface area contributed by atoms with Crippen LogP contribution in [-0.4, -0.2) is 21.3 Å². The molecule has 0 fully saturated rings. The minimum atomic E-state index is -0.502. The lowest BCUT2D eigenvalue weighted by Gasteiger charge is -2.06. The molecular weight excluding hydrogens is 329 g/mol. The second-order valence-corrected chi connectivity index (χ2v) is 5.55. The van der Waals surface area contributed by atoms with Crippen LogP contribution in [0.25, 0.3) is 11.3 Å². The zero-order chi connectivity index (χ0) is 17.1. The molecular formula is C18H13ClFN3O. The van der Waals surface area contributed by atoms with Gasteiger partial charge in [-0.25, -0.2) is 4.39 Å². The molecule has 0 unspecified atom stereocenters. The van der Waals surface area contributed by atoms with Gasteiger partial charge in [-0.1, -0.05) is 11.6 Å². The third kappa shape index (κ3) is 3.41. The summed E-state index contributed by atoms with van der Waals surface area (Å²) in [5.41, 5.74) is 3.02. The van der Waals surface area contributed by atoms with E-state index in [4.69, 9.17) is 11.6 Å². The summed E-state index contributed by atoms with van der Waals surface area (Å²) in [5, 5.41) is 10.4. The van der Waals surface area contributed by atoms with Gasteiger partial charge in [0.05, 0.1) is 10.7 Å². The van der Waals surface area contributed by atoms with Gasteiger partial charge in [-0.15, -0.1) is 0 Å². The number of pyridine rings is 2. The van der Waals surface area contributed by atoms with E-state index < -0.39 is 5.82 Å². The van der Waals surface area contributed by atoms with Gasteiger partial charge in [0, 0.05) is 35.4 Å². The number of rotatable bonds is 3. The van der Waals surface area contributed by atoms with Gasteiger partial charge in [-0.05, 0) is 43.3 Å². The fourth-order valence-corrected chi connectivity index (χ4v) is 2.36. The van der Waals surface area contributed by atoms with E-state index in [0.29, 0.717) is 16.9 Å². The molecule has 120 valence electrons. The molecule has 0 radical (unpaired) electrons. The number of aromatic nitrogens is 2. The summed E-state index contributed by atoms with van der Waals surface area (Å²) >= 11 is 5.73. The van der Waals surface area contributed by atoms with Gasteiger partial charge in [0.25, 0.3) is 0 Å². The van der Waals surface area contributed by atoms with Gasteiger partial charge in [-0.2, -0.15) is 0 Å². The maximum Gasteiger partial charge on any atom is 0.150 e. The maximum absolute atomic E-state index is 13.2. The van der Waals surface area contributed by atoms with E-state index in [1.54, 1.807) is 24.5 Å². The number of hydrogen-bond donors (Lipinski definition) is 1. The quantitative estimate of drug-likeness (QED) is 0.702. The summed E-state index contributed by atoms with van der Waals surface area (Å²) in [6.45, 7) is 1.87. The number of hydrogen-bond acceptors (Lipinski definition) is 4. The maximum atomic E-state index is 13.2. The Morgan fingerprint density at radius 3 is 2.67 bits per heavy atom. The van der Waals surface area contributed by atoms with Crippen LogP contribution in [0.2, 0.25) is 5.02 Å². The van der Waals surface area contributed by atoms with Crippen molar-refractivity contribution in [3.05, 3.63) is 70.9 Å². The smallest absolute Gasteiger partial charge is 0.150 e. The van der Waals surface area contributed by atoms with Crippen molar-refractivity contribution in [3.63, 3.8) is 0 Å². The summed E-state index contributed by atoms with van der Waals surface area (Å²) in [7, 11) is 0. The van der Waals surface area contributed by atoms with E-state index in [2.05, 4.69) is 15.0 Å². The first-order valence-electron chi connectivity index (χ1n) is 7.15. The molecule has 0 saturated heterocycles. The lowest BCUT2D eigenvalue weighted by molar-refractivity contribution is 0.474. The number of aryl methyl sites for hydroxylation is 1. The zero-order valence-electron chi connectivity index (χ0n) is 12.7. The van der Waals surface area contributed by atoms with Crippen LogP contribution in [-0.2, 0) is 0 Å². The molecule has 6 heteroatoms. The molecule has 0 spiro atoms. The Kier molecular flexibility index (Phi) is 4.53. The SMILES string of the molecule is Cc1cc(-c2nccc(/C=N/c3ccc(F)c(Cl)c3)c2O)ccn1. The van der Waals surface area contributed by atoms with Gasteiger partial charge >= 0.3 is 0 Å². The van der Waals surface area contributed by atoms with Crippen molar-refractivity contribution in [2.24, 2.45) is 4.99 Å². The molecule has 0 aliphatic heterocycles. The lowest BCUT2D eigenvalue weighted by atomic mass is 10.1. The van der Waals surface area contributed by atoms with Crippen molar-refractivity contribution in [2.45, 2.75) is 6.92 Å². The molecule has 24 heavy (non-hydrogen) atoms. The molecule has 1 N–H and O–H groups in total. The third-order valence-corrected chi connectivity index (χ3v) is 3.67. The molecule has 1 aromatic carbocycles. The van der Waals surface area contributed by atoms with E-state index in [1.165, 1.54) is 24.4 Å². The van der Waals surface area contributed by atoms with Crippen molar-refractivity contribution in [3.8, 4) is 17.0 Å². The van der Waals surface area contributed by atoms with Crippen LogP contribution in [0.5, 0.6) is 5.75 Å². The van der Waals surface area contributed by atoms with Crippen molar-refractivity contribution < 1.29 is 9.50 Å². The summed E-state index contributed by atoms with van der Waals surface area (Å²) in [5.74, 6) is -0.488. The molecule has 0 aliphatic carbocycles. The zero-order valence-corrected chi connectivity index (χ0v) is 13.5. The Morgan fingerprint density at radius 2 is 1.92 bits per heavy atom. The highest BCUT2D eigenvalue weighted by atomic mass is 35.5. The molecule has 2 aromatic heterocycles. The van der Waals surface area contributed by atoms with Crippen molar-refractivity contribution in [1.29, 1.82) is 0 Å². The standard InChI is InChI=1S/C18H13ClFN3O/c1-11-8-12(4-6-21-11)17-18(24)13(5-7-22-17)10-23-14-2-3-16(20)15(19)9-14/h2-10,24H,1H3/b23-10+. The van der Waals surface area contributed by atoms with E-state index in [1.807, 2.05) is 13.0 Å². The minimum Gasteiger partial charge on any atom is -0.505 e. The second-order valence-electron chi connectivity index (χ2n) is 5.14. The van der Waals surface area contributed by atoms with E-state index in [9.17, 15) is 9.50 Å². The lowest BCUT2D eigenvalue weighted by Crippen LogP contribution is -1.91. The molecule has 4 nitrogen and oxygen atoms in total. The number of nitrogens with zero attached hydrogens (tertiary/aromatic N) is 3. The van der Waals surface area contributed by atoms with Gasteiger partial charge in [0.1, 0.15) is 11.5 Å². The monoisotopic (exact) mass is 341 g/mol. The predicted molar refractivity (Wildman–Crippen MR) is 92.5 cm³/mol. The Bertz CT molecular complexity index is 928. The van der Waals surface area contributed by atoms with E-state index in [-0.39, 0.29) is 10.8 Å². The van der Waals surface area contributed by atoms with Gasteiger partial charge in [-0.3, -0.25) is 15.0 Å². The first kappa shape index (κ1) is 16.1. The van der Waals surface area contributed by atoms with Crippen LogP contribution in [0.1, 0.15) is 11.3 Å². The molecule has 0 atom stereocenters. The topological polar surface area (TPSA) is 58.4 Å². The number of aliphatic imine (C=N–C) groups is 1. The number of halogens is 2. The molecule has 2 heterocycles. The number of benzene rings is 1. The van der Waals surface area contributed by atoms with Crippen LogP contribution in [0.3, 0.4) is 0 Å². The van der Waals surface area contributed by atoms with Crippen LogP contribution >= 0.6 is 11.6 Å². The van der Waals surface area contributed by atoms with E-state index >= 15 is 0 Å². The Labute approximate surface area is 143 Å². The minimum absolute atomic E-state index is 0.00319. The van der Waals surface area contributed by atoms with Gasteiger partial charge in [0.15, 0.2) is 5.75 Å². The van der Waals surface area contributed by atoms with Crippen LogP contribution in [0.4, 0.5) is 10.1 Å². The normalized spacial score (nSPS) is 11.1. The summed E-state index contributed by atoms with van der Waals surface area (Å²) in [4.78, 5) is 12.6. The Morgan fingerprint density at radius 1 is 1.12 bits per heavy atom. The van der Waals surface area contributed by atoms with Gasteiger partial charge in [0.2, 0.25) is 0 Å². The number of aromatic hydroxyl groups is 1. The highest BCUT2D eigenvalue weighted by molar-refractivity contribution is 6.31. The Balaban J connectivity index is 1.96. The second kappa shape index (κ2) is 6.76. The highest BCUT2D eigenvalue weighted by Gasteiger charge is 2.10. The summed E-state index contributed by atoms with van der Waals surface area (Å²) in [6.07, 6.45) is 4.73. The van der Waals surface area contributed by atoms with Crippen LogP contribution in [0, 0.1) is 12.7 Å². The van der Waals surface area contributed by atoms with Crippen molar-refractivity contribution in [2.75, 3.05) is 0 Å². The molecule has 0 amide bonds. The molecule has 3 aromatic rings. The third-order valence-electron chi connectivity index (χ3n) is 3.38. The largest absolute Gasteiger partial charge is 0.505 e. The fraction of sp³-hybridized carbons (Fsp3) is 0.0556. The first-order valence-corrected chi connectivity index (χ1v) is 7.52. The Hall–Kier alpha value is -2.79. The average molecular weight is 342 g/mol. The molecule has 0 bridgehead atoms. The highest BCUT2D eigenvalue weighted by Crippen LogP contribution is 2.29. The van der Waals surface area contributed by atoms with Crippen molar-refractivity contribution in [1.82, 2.24) is 9.97 Å². The van der Waals surface area contributed by atoms with Crippen LogP contribution < -0.4 is 0 Å². The summed E-state index contributed by atoms with van der Waals surface area (Å²) in [6, 6.07) is 9.41. The molecule has 0 saturated carbocycles. The van der Waals surface area contributed by atoms with Gasteiger partial charge < -0.3 is 5.11 Å².